The third-order valence-electron chi connectivity index (χ3n) is 3.16. The van der Waals surface area contributed by atoms with Crippen LogP contribution in [0.15, 0.2) is 10.6 Å². The van der Waals surface area contributed by atoms with E-state index in [0.717, 1.165) is 37.9 Å². The molecule has 0 spiro atoms. The average molecular weight is 252 g/mol. The molecule has 1 saturated heterocycles. The van der Waals surface area contributed by atoms with Crippen molar-refractivity contribution in [3.63, 3.8) is 0 Å². The third-order valence-corrected chi connectivity index (χ3v) is 3.16. The van der Waals surface area contributed by atoms with E-state index in [-0.39, 0.29) is 11.0 Å². The van der Waals surface area contributed by atoms with Crippen LogP contribution in [-0.4, -0.2) is 35.2 Å². The predicted octanol–water partition coefficient (Wildman–Crippen LogP) is 2.58. The van der Waals surface area contributed by atoms with E-state index in [1.807, 2.05) is 6.20 Å². The number of rotatable bonds is 2. The van der Waals surface area contributed by atoms with Gasteiger partial charge >= 0.3 is 0 Å². The highest BCUT2D eigenvalue weighted by molar-refractivity contribution is 5.06. The van der Waals surface area contributed by atoms with Gasteiger partial charge in [-0.1, -0.05) is 20.8 Å². The van der Waals surface area contributed by atoms with Gasteiger partial charge in [0.2, 0.25) is 5.89 Å². The Morgan fingerprint density at radius 3 is 2.67 bits per heavy atom. The van der Waals surface area contributed by atoms with E-state index in [1.165, 1.54) is 0 Å². The predicted molar refractivity (Wildman–Crippen MR) is 70.5 cm³/mol. The molecule has 18 heavy (non-hydrogen) atoms. The maximum atomic E-state index is 5.83. The lowest BCUT2D eigenvalue weighted by atomic mass is 9.94. The quantitative estimate of drug-likeness (QED) is 0.811. The fourth-order valence-electron chi connectivity index (χ4n) is 2.17. The lowest BCUT2D eigenvalue weighted by Crippen LogP contribution is -2.47. The first kappa shape index (κ1) is 13.6. The molecule has 2 heterocycles. The van der Waals surface area contributed by atoms with E-state index in [0.29, 0.717) is 0 Å². The van der Waals surface area contributed by atoms with E-state index in [2.05, 4.69) is 44.5 Å². The van der Waals surface area contributed by atoms with E-state index in [4.69, 9.17) is 9.15 Å². The van der Waals surface area contributed by atoms with Crippen molar-refractivity contribution in [1.29, 1.82) is 0 Å². The van der Waals surface area contributed by atoms with Crippen LogP contribution in [0, 0.1) is 0 Å². The summed E-state index contributed by atoms with van der Waals surface area (Å²) in [6.45, 7) is 14.0. The number of aromatic nitrogens is 1. The van der Waals surface area contributed by atoms with Crippen molar-refractivity contribution < 1.29 is 9.15 Å². The summed E-state index contributed by atoms with van der Waals surface area (Å²) in [5.41, 5.74) is -0.0484. The Kier molecular flexibility index (Phi) is 3.52. The molecule has 1 aliphatic rings. The van der Waals surface area contributed by atoms with Crippen LogP contribution in [-0.2, 0) is 16.7 Å². The van der Waals surface area contributed by atoms with Crippen molar-refractivity contribution in [3.05, 3.63) is 17.8 Å². The molecule has 2 rings (SSSR count). The standard InChI is InChI=1S/C14H24N2O2/c1-13(2,3)11-8-15-12(18-11)9-16-6-7-17-14(4,5)10-16/h8H,6-7,9-10H2,1-5H3. The summed E-state index contributed by atoms with van der Waals surface area (Å²) >= 11 is 0. The zero-order valence-corrected chi connectivity index (χ0v) is 12.1. The first-order valence-corrected chi connectivity index (χ1v) is 6.58. The number of hydrogen-bond donors (Lipinski definition) is 0. The molecular weight excluding hydrogens is 228 g/mol. The summed E-state index contributed by atoms with van der Waals surface area (Å²) in [5.74, 6) is 1.75. The maximum absolute atomic E-state index is 5.83. The van der Waals surface area contributed by atoms with Crippen molar-refractivity contribution in [2.24, 2.45) is 0 Å². The Hall–Kier alpha value is -0.870. The van der Waals surface area contributed by atoms with Crippen LogP contribution >= 0.6 is 0 Å². The molecule has 0 radical (unpaired) electrons. The van der Waals surface area contributed by atoms with E-state index >= 15 is 0 Å². The van der Waals surface area contributed by atoms with Crippen LogP contribution in [0.3, 0.4) is 0 Å². The molecule has 102 valence electrons. The normalized spacial score (nSPS) is 21.2. The number of hydrogen-bond acceptors (Lipinski definition) is 4. The molecule has 1 aromatic heterocycles. The number of ether oxygens (including phenoxy) is 1. The molecule has 0 unspecified atom stereocenters. The zero-order chi connectivity index (χ0) is 13.4. The minimum atomic E-state index is -0.0717. The van der Waals surface area contributed by atoms with Crippen LogP contribution in [0.1, 0.15) is 46.3 Å². The minimum absolute atomic E-state index is 0.0233. The second-order valence-corrected chi connectivity index (χ2v) is 6.69. The van der Waals surface area contributed by atoms with Gasteiger partial charge in [-0.15, -0.1) is 0 Å². The molecule has 0 atom stereocenters. The number of oxazole rings is 1. The summed E-state index contributed by atoms with van der Waals surface area (Å²) in [6, 6.07) is 0. The SMILES string of the molecule is CC1(C)CN(Cc2ncc(C(C)(C)C)o2)CCO1. The lowest BCUT2D eigenvalue weighted by Gasteiger charge is -2.37. The monoisotopic (exact) mass is 252 g/mol. The number of morpholine rings is 1. The molecule has 0 N–H and O–H groups in total. The van der Waals surface area contributed by atoms with Crippen LogP contribution in [0.4, 0.5) is 0 Å². The molecule has 1 aliphatic heterocycles. The molecular formula is C14H24N2O2. The van der Waals surface area contributed by atoms with E-state index < -0.39 is 0 Å². The van der Waals surface area contributed by atoms with Gasteiger partial charge in [-0.25, -0.2) is 4.98 Å². The van der Waals surface area contributed by atoms with Gasteiger partial charge in [-0.05, 0) is 13.8 Å². The van der Waals surface area contributed by atoms with Crippen LogP contribution < -0.4 is 0 Å². The smallest absolute Gasteiger partial charge is 0.208 e. The lowest BCUT2D eigenvalue weighted by molar-refractivity contribution is -0.0898. The first-order valence-electron chi connectivity index (χ1n) is 6.58. The van der Waals surface area contributed by atoms with Crippen molar-refractivity contribution in [1.82, 2.24) is 9.88 Å². The molecule has 0 aromatic carbocycles. The zero-order valence-electron chi connectivity index (χ0n) is 12.1. The summed E-state index contributed by atoms with van der Waals surface area (Å²) < 4.78 is 11.5. The van der Waals surface area contributed by atoms with E-state index in [9.17, 15) is 0 Å². The molecule has 0 aliphatic carbocycles. The average Bonchev–Trinajstić information content (AvgIpc) is 2.63. The summed E-state index contributed by atoms with van der Waals surface area (Å²) in [7, 11) is 0. The van der Waals surface area contributed by atoms with Gasteiger partial charge < -0.3 is 9.15 Å². The van der Waals surface area contributed by atoms with Gasteiger partial charge in [0.1, 0.15) is 5.76 Å². The van der Waals surface area contributed by atoms with E-state index in [1.54, 1.807) is 0 Å². The molecule has 0 amide bonds. The second-order valence-electron chi connectivity index (χ2n) is 6.69. The first-order chi connectivity index (χ1) is 8.26. The molecule has 0 bridgehead atoms. The molecule has 4 heteroatoms. The highest BCUT2D eigenvalue weighted by Crippen LogP contribution is 2.24. The Morgan fingerprint density at radius 2 is 2.11 bits per heavy atom. The van der Waals surface area contributed by atoms with Crippen LogP contribution in [0.5, 0.6) is 0 Å². The summed E-state index contributed by atoms with van der Waals surface area (Å²) in [5, 5.41) is 0. The van der Waals surface area contributed by atoms with Gasteiger partial charge in [0.25, 0.3) is 0 Å². The maximum Gasteiger partial charge on any atom is 0.208 e. The van der Waals surface area contributed by atoms with Crippen LogP contribution in [0.25, 0.3) is 0 Å². The molecule has 1 fully saturated rings. The Morgan fingerprint density at radius 1 is 1.39 bits per heavy atom. The fourth-order valence-corrected chi connectivity index (χ4v) is 2.17. The highest BCUT2D eigenvalue weighted by atomic mass is 16.5. The van der Waals surface area contributed by atoms with Crippen molar-refractivity contribution in [2.45, 2.75) is 52.2 Å². The van der Waals surface area contributed by atoms with Gasteiger partial charge in [-0.3, -0.25) is 4.90 Å². The minimum Gasteiger partial charge on any atom is -0.444 e. The Labute approximate surface area is 109 Å². The number of nitrogens with zero attached hydrogens (tertiary/aromatic N) is 2. The second kappa shape index (κ2) is 4.67. The Balaban J connectivity index is 1.99. The van der Waals surface area contributed by atoms with Gasteiger partial charge in [-0.2, -0.15) is 0 Å². The summed E-state index contributed by atoms with van der Waals surface area (Å²) in [4.78, 5) is 6.71. The highest BCUT2D eigenvalue weighted by Gasteiger charge is 2.28. The van der Waals surface area contributed by atoms with Gasteiger partial charge in [0, 0.05) is 18.5 Å². The molecule has 0 saturated carbocycles. The van der Waals surface area contributed by atoms with Crippen molar-refractivity contribution in [3.8, 4) is 0 Å². The van der Waals surface area contributed by atoms with Crippen LogP contribution in [0.2, 0.25) is 0 Å². The molecule has 1 aromatic rings. The van der Waals surface area contributed by atoms with Crippen molar-refractivity contribution >= 4 is 0 Å². The topological polar surface area (TPSA) is 38.5 Å². The fraction of sp³-hybridized carbons (Fsp3) is 0.786. The molecule has 4 nitrogen and oxygen atoms in total. The summed E-state index contributed by atoms with van der Waals surface area (Å²) in [6.07, 6.45) is 1.85. The third kappa shape index (κ3) is 3.33. The van der Waals surface area contributed by atoms with Gasteiger partial charge in [0.05, 0.1) is 24.9 Å². The Bertz CT molecular complexity index is 404. The van der Waals surface area contributed by atoms with Crippen molar-refractivity contribution in [2.75, 3.05) is 19.7 Å². The van der Waals surface area contributed by atoms with Gasteiger partial charge in [0.15, 0.2) is 0 Å². The largest absolute Gasteiger partial charge is 0.444 e.